The van der Waals surface area contributed by atoms with Crippen LogP contribution in [-0.2, 0) is 4.79 Å². The van der Waals surface area contributed by atoms with Gasteiger partial charge in [-0.05, 0) is 5.56 Å². The summed E-state index contributed by atoms with van der Waals surface area (Å²) in [5, 5.41) is 9.93. The van der Waals surface area contributed by atoms with Crippen molar-refractivity contribution in [2.75, 3.05) is 5.32 Å². The van der Waals surface area contributed by atoms with Gasteiger partial charge in [0.1, 0.15) is 0 Å². The summed E-state index contributed by atoms with van der Waals surface area (Å²) in [6.45, 7) is 0. The Labute approximate surface area is 138 Å². The second kappa shape index (κ2) is 5.77. The monoisotopic (exact) mass is 317 g/mol. The van der Waals surface area contributed by atoms with Gasteiger partial charge in [-0.3, -0.25) is 14.7 Å². The third kappa shape index (κ3) is 2.40. The van der Waals surface area contributed by atoms with Crippen LogP contribution in [0.15, 0.2) is 60.7 Å². The molecule has 1 unspecified atom stereocenters. The second-order valence-electron chi connectivity index (χ2n) is 5.76. The van der Waals surface area contributed by atoms with Crippen LogP contribution in [-0.4, -0.2) is 21.9 Å². The number of H-pyrrole nitrogens is 1. The molecular weight excluding hydrogens is 302 g/mol. The maximum absolute atomic E-state index is 13.0. The van der Waals surface area contributed by atoms with Crippen molar-refractivity contribution in [3.8, 4) is 11.3 Å². The summed E-state index contributed by atoms with van der Waals surface area (Å²) in [4.78, 5) is 25.0. The van der Waals surface area contributed by atoms with Crippen molar-refractivity contribution in [2.24, 2.45) is 0 Å². The zero-order valence-electron chi connectivity index (χ0n) is 12.8. The fourth-order valence-electron chi connectivity index (χ4n) is 3.11. The summed E-state index contributed by atoms with van der Waals surface area (Å²) < 4.78 is 0. The SMILES string of the molecule is O=C1CC(C(=O)c2ccccc2)c2c(n[nH]c2-c2ccccc2)N1. The molecule has 0 radical (unpaired) electrons. The van der Waals surface area contributed by atoms with Gasteiger partial charge in [0.2, 0.25) is 5.91 Å². The van der Waals surface area contributed by atoms with Crippen LogP contribution >= 0.6 is 0 Å². The molecule has 0 fully saturated rings. The lowest BCUT2D eigenvalue weighted by Crippen LogP contribution is -2.27. The Balaban J connectivity index is 1.83. The Hall–Kier alpha value is -3.21. The Bertz CT molecular complexity index is 901. The minimum Gasteiger partial charge on any atom is -0.309 e. The molecule has 0 saturated carbocycles. The van der Waals surface area contributed by atoms with Gasteiger partial charge in [0.05, 0.1) is 11.6 Å². The molecule has 0 saturated heterocycles. The number of anilines is 1. The molecule has 3 aromatic rings. The van der Waals surface area contributed by atoms with E-state index in [1.807, 2.05) is 48.5 Å². The maximum atomic E-state index is 13.0. The molecular formula is C19H15N3O2. The number of amides is 1. The number of carbonyl (C=O) groups is 2. The highest BCUT2D eigenvalue weighted by Gasteiger charge is 2.35. The third-order valence-electron chi connectivity index (χ3n) is 4.24. The molecule has 2 N–H and O–H groups in total. The quantitative estimate of drug-likeness (QED) is 0.727. The van der Waals surface area contributed by atoms with Gasteiger partial charge in [0.15, 0.2) is 11.6 Å². The highest BCUT2D eigenvalue weighted by Crippen LogP contribution is 2.39. The van der Waals surface area contributed by atoms with Crippen molar-refractivity contribution in [2.45, 2.75) is 12.3 Å². The first-order chi connectivity index (χ1) is 11.7. The van der Waals surface area contributed by atoms with Crippen LogP contribution in [0.25, 0.3) is 11.3 Å². The Morgan fingerprint density at radius 3 is 2.38 bits per heavy atom. The molecule has 2 aromatic carbocycles. The van der Waals surface area contributed by atoms with E-state index >= 15 is 0 Å². The predicted molar refractivity (Wildman–Crippen MR) is 90.8 cm³/mol. The van der Waals surface area contributed by atoms with Gasteiger partial charge in [0.25, 0.3) is 0 Å². The van der Waals surface area contributed by atoms with Gasteiger partial charge >= 0.3 is 0 Å². The predicted octanol–water partition coefficient (Wildman–Crippen LogP) is 3.39. The molecule has 1 amide bonds. The van der Waals surface area contributed by atoms with Crippen molar-refractivity contribution in [3.05, 3.63) is 71.8 Å². The van der Waals surface area contributed by atoms with Crippen LogP contribution in [0.4, 0.5) is 5.82 Å². The van der Waals surface area contributed by atoms with Gasteiger partial charge in [-0.1, -0.05) is 60.7 Å². The number of rotatable bonds is 3. The zero-order chi connectivity index (χ0) is 16.5. The molecule has 2 heterocycles. The van der Waals surface area contributed by atoms with E-state index < -0.39 is 5.92 Å². The lowest BCUT2D eigenvalue weighted by Gasteiger charge is -2.22. The van der Waals surface area contributed by atoms with Crippen LogP contribution in [0.5, 0.6) is 0 Å². The van der Waals surface area contributed by atoms with E-state index in [-0.39, 0.29) is 18.1 Å². The smallest absolute Gasteiger partial charge is 0.226 e. The van der Waals surface area contributed by atoms with E-state index in [2.05, 4.69) is 15.5 Å². The molecule has 118 valence electrons. The van der Waals surface area contributed by atoms with Gasteiger partial charge in [-0.2, -0.15) is 5.10 Å². The Morgan fingerprint density at radius 1 is 1.00 bits per heavy atom. The van der Waals surface area contributed by atoms with Crippen LogP contribution in [0, 0.1) is 0 Å². The van der Waals surface area contributed by atoms with Gasteiger partial charge in [-0.15, -0.1) is 0 Å². The summed E-state index contributed by atoms with van der Waals surface area (Å²) in [6, 6.07) is 18.8. The summed E-state index contributed by atoms with van der Waals surface area (Å²) in [5.41, 5.74) is 3.08. The number of hydrogen-bond donors (Lipinski definition) is 2. The third-order valence-corrected chi connectivity index (χ3v) is 4.24. The van der Waals surface area contributed by atoms with Crippen molar-refractivity contribution >= 4 is 17.5 Å². The number of Topliss-reactive ketones (excluding diaryl/α,β-unsaturated/α-hetero) is 1. The molecule has 24 heavy (non-hydrogen) atoms. The van der Waals surface area contributed by atoms with Crippen molar-refractivity contribution < 1.29 is 9.59 Å². The number of carbonyl (C=O) groups excluding carboxylic acids is 2. The number of aromatic amines is 1. The minimum atomic E-state index is -0.537. The lowest BCUT2D eigenvalue weighted by molar-refractivity contribution is -0.116. The molecule has 1 aromatic heterocycles. The molecule has 5 nitrogen and oxygen atoms in total. The first kappa shape index (κ1) is 14.4. The molecule has 0 spiro atoms. The Morgan fingerprint density at radius 2 is 1.67 bits per heavy atom. The number of nitrogens with one attached hydrogen (secondary N) is 2. The van der Waals surface area contributed by atoms with E-state index in [4.69, 9.17) is 0 Å². The average Bonchev–Trinajstić information content (AvgIpc) is 3.05. The topological polar surface area (TPSA) is 74.8 Å². The van der Waals surface area contributed by atoms with E-state index in [9.17, 15) is 9.59 Å². The summed E-state index contributed by atoms with van der Waals surface area (Å²) in [7, 11) is 0. The molecule has 4 rings (SSSR count). The molecule has 0 bridgehead atoms. The normalized spacial score (nSPS) is 16.3. The highest BCUT2D eigenvalue weighted by atomic mass is 16.2. The van der Waals surface area contributed by atoms with Crippen LogP contribution in [0.2, 0.25) is 0 Å². The number of fused-ring (bicyclic) bond motifs is 1. The first-order valence-corrected chi connectivity index (χ1v) is 7.77. The largest absolute Gasteiger partial charge is 0.309 e. The molecule has 0 aliphatic carbocycles. The summed E-state index contributed by atoms with van der Waals surface area (Å²) in [6.07, 6.45) is 0.125. The number of aromatic nitrogens is 2. The van der Waals surface area contributed by atoms with Gasteiger partial charge in [0, 0.05) is 17.5 Å². The average molecular weight is 317 g/mol. The van der Waals surface area contributed by atoms with E-state index in [0.717, 1.165) is 16.8 Å². The van der Waals surface area contributed by atoms with Crippen LogP contribution in [0.3, 0.4) is 0 Å². The number of ketones is 1. The minimum absolute atomic E-state index is 0.0646. The zero-order valence-corrected chi connectivity index (χ0v) is 12.8. The number of benzene rings is 2. The van der Waals surface area contributed by atoms with Crippen molar-refractivity contribution in [3.63, 3.8) is 0 Å². The van der Waals surface area contributed by atoms with E-state index in [1.165, 1.54) is 0 Å². The van der Waals surface area contributed by atoms with Crippen molar-refractivity contribution in [1.29, 1.82) is 0 Å². The molecule has 1 aliphatic rings. The Kier molecular flexibility index (Phi) is 3.46. The van der Waals surface area contributed by atoms with Crippen LogP contribution in [0.1, 0.15) is 28.3 Å². The standard InChI is InChI=1S/C19H15N3O2/c23-15-11-14(18(24)13-9-5-2-6-10-13)16-17(21-22-19(16)20-15)12-7-3-1-4-8-12/h1-10,14H,11H2,(H2,20,21,22,23). The van der Waals surface area contributed by atoms with Gasteiger partial charge < -0.3 is 5.32 Å². The first-order valence-electron chi connectivity index (χ1n) is 7.77. The van der Waals surface area contributed by atoms with E-state index in [0.29, 0.717) is 11.4 Å². The highest BCUT2D eigenvalue weighted by molar-refractivity contribution is 6.08. The molecule has 1 atom stereocenters. The molecule has 1 aliphatic heterocycles. The van der Waals surface area contributed by atoms with Crippen LogP contribution < -0.4 is 5.32 Å². The lowest BCUT2D eigenvalue weighted by atomic mass is 9.84. The van der Waals surface area contributed by atoms with Crippen molar-refractivity contribution in [1.82, 2.24) is 10.2 Å². The maximum Gasteiger partial charge on any atom is 0.226 e. The van der Waals surface area contributed by atoms with E-state index in [1.54, 1.807) is 12.1 Å². The number of hydrogen-bond acceptors (Lipinski definition) is 3. The summed E-state index contributed by atoms with van der Waals surface area (Å²) in [5.74, 6) is -0.349. The molecule has 5 heteroatoms. The number of nitrogens with zero attached hydrogens (tertiary/aromatic N) is 1. The summed E-state index contributed by atoms with van der Waals surface area (Å²) >= 11 is 0. The van der Waals surface area contributed by atoms with Gasteiger partial charge in [-0.25, -0.2) is 0 Å². The fourth-order valence-corrected chi connectivity index (χ4v) is 3.11. The second-order valence-corrected chi connectivity index (χ2v) is 5.76. The fraction of sp³-hybridized carbons (Fsp3) is 0.105.